The number of halogens is 1. The van der Waals surface area contributed by atoms with Crippen molar-refractivity contribution in [2.75, 3.05) is 13.1 Å². The van der Waals surface area contributed by atoms with Crippen molar-refractivity contribution in [2.45, 2.75) is 18.9 Å². The van der Waals surface area contributed by atoms with Crippen LogP contribution in [0, 0.1) is 10.1 Å². The van der Waals surface area contributed by atoms with Crippen LogP contribution in [0.2, 0.25) is 0 Å². The lowest BCUT2D eigenvalue weighted by Gasteiger charge is -2.23. The fourth-order valence-electron chi connectivity index (χ4n) is 2.52. The van der Waals surface area contributed by atoms with Crippen molar-refractivity contribution in [1.82, 2.24) is 20.8 Å². The number of fused-ring (bicyclic) bond motifs is 1. The zero-order chi connectivity index (χ0) is 14.8. The fourth-order valence-corrected chi connectivity index (χ4v) is 2.52. The Morgan fingerprint density at radius 1 is 1.45 bits per heavy atom. The minimum absolute atomic E-state index is 0. The molecule has 0 saturated carbocycles. The maximum absolute atomic E-state index is 12.3. The van der Waals surface area contributed by atoms with Crippen LogP contribution in [0.5, 0.6) is 0 Å². The number of nitro benzene ring substituents is 1. The number of nitrogens with zero attached hydrogens (tertiary/aromatic N) is 2. The van der Waals surface area contributed by atoms with Crippen molar-refractivity contribution in [3.63, 3.8) is 0 Å². The van der Waals surface area contributed by atoms with Crippen LogP contribution in [0.3, 0.4) is 0 Å². The monoisotopic (exact) mass is 325 g/mol. The van der Waals surface area contributed by atoms with Gasteiger partial charge in [-0.1, -0.05) is 0 Å². The van der Waals surface area contributed by atoms with E-state index in [-0.39, 0.29) is 35.7 Å². The molecule has 118 valence electrons. The number of benzene rings is 1. The SMILES string of the molecule is Cl.O=C(N[C@H]1CCCNC1)c1n[nH]c2ccc([N+](=O)[O-])cc12. The lowest BCUT2D eigenvalue weighted by Crippen LogP contribution is -2.45. The first-order chi connectivity index (χ1) is 10.1. The molecule has 1 aliphatic heterocycles. The standard InChI is InChI=1S/C13H15N5O3.ClH/c19-13(15-8-2-1-5-14-7-8)12-10-6-9(18(20)21)3-4-11(10)16-17-12;/h3-4,6,8,14H,1-2,5,7H2,(H,15,19)(H,16,17);1H/t8-;/m0./s1. The third kappa shape index (κ3) is 3.18. The van der Waals surface area contributed by atoms with E-state index in [9.17, 15) is 14.9 Å². The van der Waals surface area contributed by atoms with Gasteiger partial charge in [0.2, 0.25) is 0 Å². The van der Waals surface area contributed by atoms with Gasteiger partial charge < -0.3 is 10.6 Å². The predicted molar refractivity (Wildman–Crippen MR) is 83.4 cm³/mol. The molecule has 0 bridgehead atoms. The van der Waals surface area contributed by atoms with Gasteiger partial charge in [-0.3, -0.25) is 20.0 Å². The average Bonchev–Trinajstić information content (AvgIpc) is 2.91. The van der Waals surface area contributed by atoms with E-state index in [4.69, 9.17) is 0 Å². The van der Waals surface area contributed by atoms with E-state index in [2.05, 4.69) is 20.8 Å². The number of nitro groups is 1. The summed E-state index contributed by atoms with van der Waals surface area (Å²) in [6.07, 6.45) is 1.93. The molecule has 3 rings (SSSR count). The van der Waals surface area contributed by atoms with Crippen LogP contribution in [0.15, 0.2) is 18.2 Å². The van der Waals surface area contributed by atoms with Crippen LogP contribution in [0.4, 0.5) is 5.69 Å². The number of H-pyrrole nitrogens is 1. The molecule has 22 heavy (non-hydrogen) atoms. The second-order valence-corrected chi connectivity index (χ2v) is 5.08. The highest BCUT2D eigenvalue weighted by Crippen LogP contribution is 2.22. The normalized spacial score (nSPS) is 17.7. The van der Waals surface area contributed by atoms with E-state index < -0.39 is 4.92 Å². The highest BCUT2D eigenvalue weighted by atomic mass is 35.5. The van der Waals surface area contributed by atoms with Crippen LogP contribution >= 0.6 is 12.4 Å². The minimum atomic E-state index is -0.487. The number of hydrogen-bond donors (Lipinski definition) is 3. The number of non-ortho nitro benzene ring substituents is 1. The number of rotatable bonds is 3. The second-order valence-electron chi connectivity index (χ2n) is 5.08. The summed E-state index contributed by atoms with van der Waals surface area (Å²) in [4.78, 5) is 22.6. The molecule has 3 N–H and O–H groups in total. The topological polar surface area (TPSA) is 113 Å². The lowest BCUT2D eigenvalue weighted by molar-refractivity contribution is -0.384. The molecule has 2 aromatic rings. The van der Waals surface area contributed by atoms with Crippen molar-refractivity contribution >= 4 is 34.9 Å². The summed E-state index contributed by atoms with van der Waals surface area (Å²) < 4.78 is 0. The highest BCUT2D eigenvalue weighted by Gasteiger charge is 2.21. The number of aromatic nitrogens is 2. The molecule has 8 nitrogen and oxygen atoms in total. The van der Waals surface area contributed by atoms with E-state index in [0.29, 0.717) is 10.9 Å². The van der Waals surface area contributed by atoms with Crippen LogP contribution in [0.1, 0.15) is 23.3 Å². The summed E-state index contributed by atoms with van der Waals surface area (Å²) in [6, 6.07) is 4.37. The second kappa shape index (κ2) is 6.71. The number of aromatic amines is 1. The first-order valence-electron chi connectivity index (χ1n) is 6.79. The molecule has 1 aromatic carbocycles. The summed E-state index contributed by atoms with van der Waals surface area (Å²) in [5.41, 5.74) is 0.740. The van der Waals surface area contributed by atoms with Crippen molar-refractivity contribution in [3.8, 4) is 0 Å². The van der Waals surface area contributed by atoms with Gasteiger partial charge in [0.05, 0.1) is 10.4 Å². The molecule has 1 saturated heterocycles. The first kappa shape index (κ1) is 16.2. The zero-order valence-corrected chi connectivity index (χ0v) is 12.5. The Hall–Kier alpha value is -2.19. The number of hydrogen-bond acceptors (Lipinski definition) is 5. The molecule has 9 heteroatoms. The molecule has 1 fully saturated rings. The third-order valence-electron chi connectivity index (χ3n) is 3.60. The van der Waals surface area contributed by atoms with Crippen LogP contribution < -0.4 is 10.6 Å². The van der Waals surface area contributed by atoms with Crippen molar-refractivity contribution in [2.24, 2.45) is 0 Å². The number of piperidine rings is 1. The van der Waals surface area contributed by atoms with Crippen molar-refractivity contribution < 1.29 is 9.72 Å². The number of carbonyl (C=O) groups is 1. The van der Waals surface area contributed by atoms with E-state index in [1.807, 2.05) is 0 Å². The molecule has 0 radical (unpaired) electrons. The van der Waals surface area contributed by atoms with E-state index in [1.54, 1.807) is 6.07 Å². The Morgan fingerprint density at radius 3 is 2.95 bits per heavy atom. The Kier molecular flexibility index (Phi) is 4.94. The van der Waals surface area contributed by atoms with Gasteiger partial charge in [0, 0.05) is 30.1 Å². The van der Waals surface area contributed by atoms with Gasteiger partial charge >= 0.3 is 0 Å². The molecule has 0 aliphatic carbocycles. The molecule has 0 unspecified atom stereocenters. The zero-order valence-electron chi connectivity index (χ0n) is 11.7. The minimum Gasteiger partial charge on any atom is -0.347 e. The molecule has 1 aliphatic rings. The largest absolute Gasteiger partial charge is 0.347 e. The fraction of sp³-hybridized carbons (Fsp3) is 0.385. The van der Waals surface area contributed by atoms with Gasteiger partial charge in [-0.25, -0.2) is 0 Å². The Balaban J connectivity index is 0.00000176. The molecular formula is C13H16ClN5O3. The maximum atomic E-state index is 12.3. The summed E-state index contributed by atoms with van der Waals surface area (Å²) >= 11 is 0. The Morgan fingerprint density at radius 2 is 2.27 bits per heavy atom. The molecule has 1 atom stereocenters. The number of amides is 1. The van der Waals surface area contributed by atoms with Crippen LogP contribution in [-0.2, 0) is 0 Å². The Labute approximate surface area is 132 Å². The van der Waals surface area contributed by atoms with Gasteiger partial charge in [0.25, 0.3) is 11.6 Å². The lowest BCUT2D eigenvalue weighted by atomic mass is 10.1. The van der Waals surface area contributed by atoms with Crippen molar-refractivity contribution in [1.29, 1.82) is 0 Å². The summed E-state index contributed by atoms with van der Waals surface area (Å²) in [5.74, 6) is -0.310. The van der Waals surface area contributed by atoms with Crippen molar-refractivity contribution in [3.05, 3.63) is 34.0 Å². The molecule has 2 heterocycles. The maximum Gasteiger partial charge on any atom is 0.272 e. The van der Waals surface area contributed by atoms with Crippen LogP contribution in [0.25, 0.3) is 10.9 Å². The van der Waals surface area contributed by atoms with Crippen LogP contribution in [-0.4, -0.2) is 40.2 Å². The Bertz CT molecular complexity index is 696. The van der Waals surface area contributed by atoms with Gasteiger partial charge in [-0.2, -0.15) is 5.10 Å². The summed E-state index contributed by atoms with van der Waals surface area (Å²) in [7, 11) is 0. The van der Waals surface area contributed by atoms with Gasteiger partial charge in [-0.15, -0.1) is 12.4 Å². The van der Waals surface area contributed by atoms with Gasteiger partial charge in [-0.05, 0) is 25.5 Å². The summed E-state index contributed by atoms with van der Waals surface area (Å²) in [6.45, 7) is 1.69. The molecule has 1 amide bonds. The molecule has 0 spiro atoms. The van der Waals surface area contributed by atoms with E-state index in [1.165, 1.54) is 12.1 Å². The quantitative estimate of drug-likeness (QED) is 0.582. The highest BCUT2D eigenvalue weighted by molar-refractivity contribution is 6.05. The number of carbonyl (C=O) groups excluding carboxylic acids is 1. The predicted octanol–water partition coefficient (Wildman–Crippen LogP) is 1.37. The van der Waals surface area contributed by atoms with E-state index >= 15 is 0 Å². The summed E-state index contributed by atoms with van der Waals surface area (Å²) in [5, 5.41) is 24.1. The van der Waals surface area contributed by atoms with Gasteiger partial charge in [0.1, 0.15) is 0 Å². The first-order valence-corrected chi connectivity index (χ1v) is 6.79. The third-order valence-corrected chi connectivity index (χ3v) is 3.60. The molecular weight excluding hydrogens is 310 g/mol. The molecule has 1 aromatic heterocycles. The van der Waals surface area contributed by atoms with E-state index in [0.717, 1.165) is 25.9 Å². The number of nitrogens with one attached hydrogen (secondary N) is 3. The smallest absolute Gasteiger partial charge is 0.272 e. The average molecular weight is 326 g/mol. The van der Waals surface area contributed by atoms with Gasteiger partial charge in [0.15, 0.2) is 5.69 Å².